The Morgan fingerprint density at radius 3 is 2.50 bits per heavy atom. The quantitative estimate of drug-likeness (QED) is 0.795. The van der Waals surface area contributed by atoms with E-state index in [9.17, 15) is 13.2 Å². The fraction of sp³-hybridized carbons (Fsp3) is 1.00. The van der Waals surface area contributed by atoms with E-state index in [4.69, 9.17) is 0 Å². The lowest BCUT2D eigenvalue weighted by atomic mass is 10.0. The largest absolute Gasteiger partial charge is 0.401 e. The molecule has 2 atom stereocenters. The SMILES string of the molecule is CC(C)CC(C)NCC1CCN(CC(F)(F)F)C1. The van der Waals surface area contributed by atoms with Crippen LogP contribution in [0.15, 0.2) is 0 Å². The fourth-order valence-corrected chi connectivity index (χ4v) is 2.63. The maximum Gasteiger partial charge on any atom is 0.401 e. The smallest absolute Gasteiger partial charge is 0.314 e. The van der Waals surface area contributed by atoms with E-state index in [0.717, 1.165) is 19.4 Å². The van der Waals surface area contributed by atoms with E-state index >= 15 is 0 Å². The fourth-order valence-electron chi connectivity index (χ4n) is 2.63. The molecule has 0 bridgehead atoms. The van der Waals surface area contributed by atoms with Crippen molar-refractivity contribution in [3.63, 3.8) is 0 Å². The number of nitrogens with zero attached hydrogens (tertiary/aromatic N) is 1. The van der Waals surface area contributed by atoms with Gasteiger partial charge in [0.05, 0.1) is 6.54 Å². The van der Waals surface area contributed by atoms with Gasteiger partial charge in [-0.05, 0) is 44.7 Å². The lowest BCUT2D eigenvalue weighted by molar-refractivity contribution is -0.143. The van der Waals surface area contributed by atoms with Crippen molar-refractivity contribution in [1.29, 1.82) is 0 Å². The molecule has 1 fully saturated rings. The van der Waals surface area contributed by atoms with Crippen LogP contribution in [0.3, 0.4) is 0 Å². The number of halogens is 3. The second-order valence-electron chi connectivity index (χ2n) is 5.94. The van der Waals surface area contributed by atoms with E-state index in [0.29, 0.717) is 31.0 Å². The van der Waals surface area contributed by atoms with Crippen LogP contribution in [0, 0.1) is 11.8 Å². The Kier molecular flexibility index (Phi) is 5.92. The number of nitrogens with one attached hydrogen (secondary N) is 1. The van der Waals surface area contributed by atoms with E-state index in [1.165, 1.54) is 4.90 Å². The molecule has 0 aromatic carbocycles. The average molecular weight is 266 g/mol. The van der Waals surface area contributed by atoms with Crippen LogP contribution in [0.25, 0.3) is 0 Å². The summed E-state index contributed by atoms with van der Waals surface area (Å²) in [5.74, 6) is 1.01. The predicted molar refractivity (Wildman–Crippen MR) is 67.5 cm³/mol. The van der Waals surface area contributed by atoms with Gasteiger partial charge in [-0.25, -0.2) is 0 Å². The third-order valence-corrected chi connectivity index (χ3v) is 3.35. The van der Waals surface area contributed by atoms with Gasteiger partial charge in [0.15, 0.2) is 0 Å². The second kappa shape index (κ2) is 6.75. The number of likely N-dealkylation sites (tertiary alicyclic amines) is 1. The highest BCUT2D eigenvalue weighted by molar-refractivity contribution is 4.79. The summed E-state index contributed by atoms with van der Waals surface area (Å²) in [6, 6.07) is 0.446. The minimum absolute atomic E-state index is 0.363. The van der Waals surface area contributed by atoms with E-state index in [1.807, 2.05) is 0 Å². The molecule has 0 saturated carbocycles. The first kappa shape index (κ1) is 15.8. The highest BCUT2D eigenvalue weighted by Gasteiger charge is 2.34. The maximum absolute atomic E-state index is 12.2. The summed E-state index contributed by atoms with van der Waals surface area (Å²) in [6.07, 6.45) is -2.08. The van der Waals surface area contributed by atoms with Crippen molar-refractivity contribution in [3.8, 4) is 0 Å². The Morgan fingerprint density at radius 1 is 1.28 bits per heavy atom. The first-order chi connectivity index (χ1) is 8.26. The molecule has 0 spiro atoms. The van der Waals surface area contributed by atoms with Crippen molar-refractivity contribution in [3.05, 3.63) is 0 Å². The van der Waals surface area contributed by atoms with Crippen molar-refractivity contribution in [2.45, 2.75) is 45.8 Å². The van der Waals surface area contributed by atoms with Gasteiger partial charge in [0.25, 0.3) is 0 Å². The Hall–Kier alpha value is -0.290. The molecule has 1 aliphatic heterocycles. The number of alkyl halides is 3. The highest BCUT2D eigenvalue weighted by atomic mass is 19.4. The Labute approximate surface area is 108 Å². The molecule has 5 heteroatoms. The van der Waals surface area contributed by atoms with E-state index in [-0.39, 0.29) is 0 Å². The van der Waals surface area contributed by atoms with E-state index in [2.05, 4.69) is 26.1 Å². The molecule has 0 aliphatic carbocycles. The molecule has 0 amide bonds. The normalized spacial score (nSPS) is 23.8. The van der Waals surface area contributed by atoms with Crippen LogP contribution in [0.2, 0.25) is 0 Å². The van der Waals surface area contributed by atoms with Gasteiger partial charge in [0.1, 0.15) is 0 Å². The Balaban J connectivity index is 2.18. The number of hydrogen-bond acceptors (Lipinski definition) is 2. The zero-order valence-electron chi connectivity index (χ0n) is 11.6. The molecule has 1 heterocycles. The van der Waals surface area contributed by atoms with Gasteiger partial charge in [-0.15, -0.1) is 0 Å². The monoisotopic (exact) mass is 266 g/mol. The topological polar surface area (TPSA) is 15.3 Å². The minimum atomic E-state index is -4.06. The third kappa shape index (κ3) is 6.59. The Bertz CT molecular complexity index is 241. The summed E-state index contributed by atoms with van der Waals surface area (Å²) in [5, 5.41) is 3.43. The summed E-state index contributed by atoms with van der Waals surface area (Å²) in [4.78, 5) is 1.51. The van der Waals surface area contributed by atoms with Crippen molar-refractivity contribution in [2.24, 2.45) is 11.8 Å². The number of rotatable bonds is 6. The first-order valence-corrected chi connectivity index (χ1v) is 6.78. The van der Waals surface area contributed by atoms with E-state index in [1.54, 1.807) is 0 Å². The van der Waals surface area contributed by atoms with Crippen LogP contribution in [-0.4, -0.2) is 43.3 Å². The summed E-state index contributed by atoms with van der Waals surface area (Å²) >= 11 is 0. The van der Waals surface area contributed by atoms with Crippen LogP contribution in [0.4, 0.5) is 13.2 Å². The zero-order valence-corrected chi connectivity index (χ0v) is 11.6. The van der Waals surface area contributed by atoms with Crippen molar-refractivity contribution < 1.29 is 13.2 Å². The van der Waals surface area contributed by atoms with Crippen molar-refractivity contribution >= 4 is 0 Å². The Morgan fingerprint density at radius 2 is 1.94 bits per heavy atom. The first-order valence-electron chi connectivity index (χ1n) is 6.78. The predicted octanol–water partition coefficient (Wildman–Crippen LogP) is 2.89. The molecule has 1 rings (SSSR count). The highest BCUT2D eigenvalue weighted by Crippen LogP contribution is 2.22. The molecule has 0 aromatic heterocycles. The van der Waals surface area contributed by atoms with Crippen molar-refractivity contribution in [1.82, 2.24) is 10.2 Å². The van der Waals surface area contributed by atoms with Gasteiger partial charge in [-0.3, -0.25) is 4.90 Å². The standard InChI is InChI=1S/C13H25F3N2/c1-10(2)6-11(3)17-7-12-4-5-18(8-12)9-13(14,15)16/h10-12,17H,4-9H2,1-3H3. The van der Waals surface area contributed by atoms with Gasteiger partial charge in [0.2, 0.25) is 0 Å². The number of hydrogen-bond donors (Lipinski definition) is 1. The van der Waals surface area contributed by atoms with Crippen LogP contribution >= 0.6 is 0 Å². The molecule has 108 valence electrons. The van der Waals surface area contributed by atoms with Gasteiger partial charge in [-0.1, -0.05) is 13.8 Å². The lowest BCUT2D eigenvalue weighted by Crippen LogP contribution is -2.35. The molecular formula is C13H25F3N2. The van der Waals surface area contributed by atoms with Gasteiger partial charge in [0, 0.05) is 12.6 Å². The molecular weight excluding hydrogens is 241 g/mol. The van der Waals surface area contributed by atoms with E-state index < -0.39 is 12.7 Å². The van der Waals surface area contributed by atoms with Gasteiger partial charge >= 0.3 is 6.18 Å². The molecule has 1 saturated heterocycles. The average Bonchev–Trinajstić information content (AvgIpc) is 2.58. The van der Waals surface area contributed by atoms with Crippen LogP contribution < -0.4 is 5.32 Å². The van der Waals surface area contributed by atoms with Gasteiger partial charge in [-0.2, -0.15) is 13.2 Å². The molecule has 18 heavy (non-hydrogen) atoms. The molecule has 2 unspecified atom stereocenters. The summed E-state index contributed by atoms with van der Waals surface area (Å²) < 4.78 is 36.7. The maximum atomic E-state index is 12.2. The second-order valence-corrected chi connectivity index (χ2v) is 5.94. The van der Waals surface area contributed by atoms with Crippen molar-refractivity contribution in [2.75, 3.05) is 26.2 Å². The summed E-state index contributed by atoms with van der Waals surface area (Å²) in [7, 11) is 0. The minimum Gasteiger partial charge on any atom is -0.314 e. The molecule has 0 radical (unpaired) electrons. The van der Waals surface area contributed by atoms with Crippen LogP contribution in [0.5, 0.6) is 0 Å². The third-order valence-electron chi connectivity index (χ3n) is 3.35. The molecule has 0 aromatic rings. The molecule has 1 aliphatic rings. The van der Waals surface area contributed by atoms with Crippen LogP contribution in [0.1, 0.15) is 33.6 Å². The summed E-state index contributed by atoms with van der Waals surface area (Å²) in [5.41, 5.74) is 0. The molecule has 1 N–H and O–H groups in total. The van der Waals surface area contributed by atoms with Gasteiger partial charge < -0.3 is 5.32 Å². The zero-order chi connectivity index (χ0) is 13.8. The molecule has 2 nitrogen and oxygen atoms in total. The summed E-state index contributed by atoms with van der Waals surface area (Å²) in [6.45, 7) is 7.72. The lowest BCUT2D eigenvalue weighted by Gasteiger charge is -2.20. The van der Waals surface area contributed by atoms with Crippen LogP contribution in [-0.2, 0) is 0 Å².